The van der Waals surface area contributed by atoms with Crippen molar-refractivity contribution in [2.45, 2.75) is 32.3 Å². The van der Waals surface area contributed by atoms with Crippen molar-refractivity contribution in [1.29, 1.82) is 0 Å². The Kier molecular flexibility index (Phi) is 3.21. The summed E-state index contributed by atoms with van der Waals surface area (Å²) in [4.78, 5) is 1.50. The molecule has 1 aliphatic heterocycles. The molecule has 0 fully saturated rings. The van der Waals surface area contributed by atoms with E-state index in [0.717, 1.165) is 19.4 Å². The minimum Gasteiger partial charge on any atom is -0.372 e. The van der Waals surface area contributed by atoms with Gasteiger partial charge in [0.2, 0.25) is 0 Å². The van der Waals surface area contributed by atoms with E-state index in [-0.39, 0.29) is 6.10 Å². The maximum Gasteiger partial charge on any atom is 0.0960 e. The Hall–Kier alpha value is -0.380. The third kappa shape index (κ3) is 1.72. The first-order valence-electron chi connectivity index (χ1n) is 5.27. The second-order valence-corrected chi connectivity index (χ2v) is 4.66. The maximum atomic E-state index is 5.72. The lowest BCUT2D eigenvalue weighted by Gasteiger charge is -2.23. The molecule has 1 aromatic heterocycles. The molecule has 1 unspecified atom stereocenters. The van der Waals surface area contributed by atoms with Gasteiger partial charge in [0.1, 0.15) is 0 Å². The molecule has 0 amide bonds. The number of aryl methyl sites for hydroxylation is 1. The van der Waals surface area contributed by atoms with Crippen molar-refractivity contribution >= 4 is 11.3 Å². The van der Waals surface area contributed by atoms with Gasteiger partial charge in [0, 0.05) is 17.8 Å². The van der Waals surface area contributed by atoms with Crippen LogP contribution in [0, 0.1) is 0 Å². The zero-order chi connectivity index (χ0) is 9.97. The minimum absolute atomic E-state index is 0.159. The average molecular weight is 211 g/mol. The van der Waals surface area contributed by atoms with Gasteiger partial charge in [-0.1, -0.05) is 13.3 Å². The van der Waals surface area contributed by atoms with Crippen LogP contribution < -0.4 is 5.73 Å². The van der Waals surface area contributed by atoms with E-state index in [0.29, 0.717) is 6.54 Å². The van der Waals surface area contributed by atoms with Crippen molar-refractivity contribution in [3.63, 3.8) is 0 Å². The molecule has 1 aliphatic rings. The molecule has 0 aliphatic carbocycles. The fraction of sp³-hybridized carbons (Fsp3) is 0.636. The van der Waals surface area contributed by atoms with Gasteiger partial charge in [0.05, 0.1) is 12.7 Å². The molecule has 2 N–H and O–H groups in total. The normalized spacial score (nSPS) is 20.9. The second kappa shape index (κ2) is 4.43. The van der Waals surface area contributed by atoms with E-state index in [9.17, 15) is 0 Å². The molecule has 0 saturated heterocycles. The van der Waals surface area contributed by atoms with E-state index in [1.165, 1.54) is 22.4 Å². The average Bonchev–Trinajstić information content (AvgIpc) is 2.62. The quantitative estimate of drug-likeness (QED) is 0.832. The SMILES string of the molecule is CCCc1csc2c1C(CN)OCC2. The summed E-state index contributed by atoms with van der Waals surface area (Å²) < 4.78 is 5.68. The molecular formula is C11H17NOS. The summed E-state index contributed by atoms with van der Waals surface area (Å²) in [7, 11) is 0. The Balaban J connectivity index is 2.31. The van der Waals surface area contributed by atoms with Crippen LogP contribution in [0.1, 0.15) is 35.5 Å². The van der Waals surface area contributed by atoms with Gasteiger partial charge in [-0.15, -0.1) is 11.3 Å². The molecule has 1 atom stereocenters. The van der Waals surface area contributed by atoms with Crippen molar-refractivity contribution in [1.82, 2.24) is 0 Å². The molecule has 3 heteroatoms. The number of hydrogen-bond donors (Lipinski definition) is 1. The number of hydrogen-bond acceptors (Lipinski definition) is 3. The Morgan fingerprint density at radius 3 is 3.21 bits per heavy atom. The minimum atomic E-state index is 0.159. The van der Waals surface area contributed by atoms with Gasteiger partial charge >= 0.3 is 0 Å². The molecule has 2 nitrogen and oxygen atoms in total. The van der Waals surface area contributed by atoms with Crippen molar-refractivity contribution in [2.24, 2.45) is 5.73 Å². The summed E-state index contributed by atoms with van der Waals surface area (Å²) in [6, 6.07) is 0. The fourth-order valence-electron chi connectivity index (χ4n) is 2.05. The summed E-state index contributed by atoms with van der Waals surface area (Å²) in [5.41, 5.74) is 8.59. The van der Waals surface area contributed by atoms with Crippen LogP contribution >= 0.6 is 11.3 Å². The number of rotatable bonds is 3. The van der Waals surface area contributed by atoms with Crippen molar-refractivity contribution < 1.29 is 4.74 Å². The zero-order valence-electron chi connectivity index (χ0n) is 8.58. The Morgan fingerprint density at radius 2 is 2.50 bits per heavy atom. The van der Waals surface area contributed by atoms with Crippen LogP contribution in [0.5, 0.6) is 0 Å². The molecule has 2 rings (SSSR count). The molecular weight excluding hydrogens is 194 g/mol. The first-order valence-corrected chi connectivity index (χ1v) is 6.15. The van der Waals surface area contributed by atoms with Gasteiger partial charge in [0.15, 0.2) is 0 Å². The van der Waals surface area contributed by atoms with Crippen molar-refractivity contribution in [3.8, 4) is 0 Å². The van der Waals surface area contributed by atoms with Crippen LogP contribution in [0.3, 0.4) is 0 Å². The van der Waals surface area contributed by atoms with Gasteiger partial charge in [-0.2, -0.15) is 0 Å². The fourth-order valence-corrected chi connectivity index (χ4v) is 3.17. The van der Waals surface area contributed by atoms with E-state index >= 15 is 0 Å². The highest BCUT2D eigenvalue weighted by Gasteiger charge is 2.23. The topological polar surface area (TPSA) is 35.2 Å². The van der Waals surface area contributed by atoms with Gasteiger partial charge in [-0.25, -0.2) is 0 Å². The Labute approximate surface area is 89.1 Å². The smallest absolute Gasteiger partial charge is 0.0960 e. The molecule has 0 bridgehead atoms. The van der Waals surface area contributed by atoms with E-state index in [2.05, 4.69) is 12.3 Å². The lowest BCUT2D eigenvalue weighted by atomic mass is 9.99. The van der Waals surface area contributed by atoms with E-state index < -0.39 is 0 Å². The summed E-state index contributed by atoms with van der Waals surface area (Å²) in [6.45, 7) is 3.66. The van der Waals surface area contributed by atoms with Gasteiger partial charge in [-0.05, 0) is 22.9 Å². The first-order chi connectivity index (χ1) is 6.86. The summed E-state index contributed by atoms with van der Waals surface area (Å²) in [5.74, 6) is 0. The van der Waals surface area contributed by atoms with Crippen LogP contribution in [0.25, 0.3) is 0 Å². The highest BCUT2D eigenvalue weighted by atomic mass is 32.1. The molecule has 14 heavy (non-hydrogen) atoms. The number of nitrogens with two attached hydrogens (primary N) is 1. The van der Waals surface area contributed by atoms with Gasteiger partial charge < -0.3 is 10.5 Å². The van der Waals surface area contributed by atoms with Crippen molar-refractivity contribution in [3.05, 3.63) is 21.4 Å². The highest BCUT2D eigenvalue weighted by Crippen LogP contribution is 2.34. The molecule has 0 radical (unpaired) electrons. The lowest BCUT2D eigenvalue weighted by Crippen LogP contribution is -2.22. The summed E-state index contributed by atoms with van der Waals surface area (Å²) in [5, 5.41) is 2.28. The van der Waals surface area contributed by atoms with Gasteiger partial charge in [-0.3, -0.25) is 0 Å². The monoisotopic (exact) mass is 211 g/mol. The standard InChI is InChI=1S/C11H17NOS/c1-2-3-8-7-14-10-4-5-13-9(6-12)11(8)10/h7,9H,2-6,12H2,1H3. The Bertz CT molecular complexity index is 308. The van der Waals surface area contributed by atoms with Crippen LogP contribution in [0.4, 0.5) is 0 Å². The zero-order valence-corrected chi connectivity index (χ0v) is 9.40. The van der Waals surface area contributed by atoms with Crippen LogP contribution in [-0.2, 0) is 17.6 Å². The molecule has 1 aromatic rings. The molecule has 2 heterocycles. The van der Waals surface area contributed by atoms with Crippen LogP contribution in [-0.4, -0.2) is 13.2 Å². The third-order valence-corrected chi connectivity index (χ3v) is 3.80. The predicted molar refractivity (Wildman–Crippen MR) is 59.8 cm³/mol. The van der Waals surface area contributed by atoms with Gasteiger partial charge in [0.25, 0.3) is 0 Å². The number of fused-ring (bicyclic) bond motifs is 1. The second-order valence-electron chi connectivity index (χ2n) is 3.69. The highest BCUT2D eigenvalue weighted by molar-refractivity contribution is 7.10. The van der Waals surface area contributed by atoms with E-state index in [1.807, 2.05) is 11.3 Å². The lowest BCUT2D eigenvalue weighted by molar-refractivity contribution is 0.0491. The van der Waals surface area contributed by atoms with E-state index in [1.54, 1.807) is 0 Å². The summed E-state index contributed by atoms with van der Waals surface area (Å²) in [6.07, 6.45) is 3.58. The first kappa shape index (κ1) is 10.1. The summed E-state index contributed by atoms with van der Waals surface area (Å²) >= 11 is 1.88. The molecule has 0 saturated carbocycles. The molecule has 0 spiro atoms. The van der Waals surface area contributed by atoms with Crippen LogP contribution in [0.15, 0.2) is 5.38 Å². The molecule has 78 valence electrons. The predicted octanol–water partition coefficient (Wildman–Crippen LogP) is 2.27. The number of ether oxygens (including phenoxy) is 1. The third-order valence-electron chi connectivity index (χ3n) is 2.69. The molecule has 0 aromatic carbocycles. The van der Waals surface area contributed by atoms with E-state index in [4.69, 9.17) is 10.5 Å². The number of thiophene rings is 1. The van der Waals surface area contributed by atoms with Crippen LogP contribution in [0.2, 0.25) is 0 Å². The largest absolute Gasteiger partial charge is 0.372 e. The maximum absolute atomic E-state index is 5.72. The van der Waals surface area contributed by atoms with Crippen molar-refractivity contribution in [2.75, 3.05) is 13.2 Å². The Morgan fingerprint density at radius 1 is 1.64 bits per heavy atom.